The topological polar surface area (TPSA) is 51.5 Å². The lowest BCUT2D eigenvalue weighted by Crippen LogP contribution is -2.28. The minimum absolute atomic E-state index is 0.430. The molecular weight excluding hydrogens is 230 g/mol. The maximum absolute atomic E-state index is 11.2. The van der Waals surface area contributed by atoms with E-state index in [1.54, 1.807) is 21.0 Å². The van der Waals surface area contributed by atoms with Gasteiger partial charge in [-0.25, -0.2) is 0 Å². The number of carboxylic acids is 1. The molecule has 1 aromatic heterocycles. The van der Waals surface area contributed by atoms with Crippen LogP contribution in [0.15, 0.2) is 30.5 Å². The summed E-state index contributed by atoms with van der Waals surface area (Å²) in [6.07, 6.45) is 1.90. The fraction of sp³-hybridized carbons (Fsp3) is 0.357. The largest absolute Gasteiger partial charge is 0.496 e. The van der Waals surface area contributed by atoms with Crippen LogP contribution in [0.1, 0.15) is 13.8 Å². The molecule has 1 N–H and O–H groups in total. The predicted molar refractivity (Wildman–Crippen MR) is 69.9 cm³/mol. The van der Waals surface area contributed by atoms with Crippen molar-refractivity contribution in [2.75, 3.05) is 7.11 Å². The highest BCUT2D eigenvalue weighted by Crippen LogP contribution is 2.28. The Morgan fingerprint density at radius 3 is 2.72 bits per heavy atom. The number of hydrogen-bond donors (Lipinski definition) is 1. The highest BCUT2D eigenvalue weighted by molar-refractivity contribution is 5.86. The first-order valence-corrected chi connectivity index (χ1v) is 5.81. The Morgan fingerprint density at radius 1 is 1.39 bits per heavy atom. The lowest BCUT2D eigenvalue weighted by molar-refractivity contribution is -0.147. The summed E-state index contributed by atoms with van der Waals surface area (Å²) in [6, 6.07) is 7.72. The van der Waals surface area contributed by atoms with E-state index < -0.39 is 11.4 Å². The number of benzene rings is 1. The zero-order valence-corrected chi connectivity index (χ0v) is 10.8. The van der Waals surface area contributed by atoms with E-state index in [4.69, 9.17) is 4.74 Å². The molecule has 0 aliphatic heterocycles. The average Bonchev–Trinajstić information content (AvgIpc) is 2.71. The summed E-state index contributed by atoms with van der Waals surface area (Å²) in [5.74, 6) is 0.00614. The van der Waals surface area contributed by atoms with Gasteiger partial charge in [-0.05, 0) is 32.0 Å². The van der Waals surface area contributed by atoms with Crippen LogP contribution >= 0.6 is 0 Å². The lowest BCUT2D eigenvalue weighted by Gasteiger charge is -2.20. The first-order chi connectivity index (χ1) is 8.45. The Hall–Kier alpha value is -1.97. The van der Waals surface area contributed by atoms with Gasteiger partial charge in [-0.15, -0.1) is 0 Å². The van der Waals surface area contributed by atoms with Crippen molar-refractivity contribution in [3.8, 4) is 5.75 Å². The zero-order valence-electron chi connectivity index (χ0n) is 10.8. The molecule has 0 saturated carbocycles. The van der Waals surface area contributed by atoms with Gasteiger partial charge in [0.25, 0.3) is 0 Å². The van der Waals surface area contributed by atoms with Crippen LogP contribution in [0, 0.1) is 5.41 Å². The molecule has 4 heteroatoms. The molecule has 0 aliphatic carbocycles. The van der Waals surface area contributed by atoms with E-state index in [1.165, 1.54) is 0 Å². The quantitative estimate of drug-likeness (QED) is 0.903. The first-order valence-electron chi connectivity index (χ1n) is 5.81. The van der Waals surface area contributed by atoms with Crippen LogP contribution in [0.3, 0.4) is 0 Å². The molecule has 96 valence electrons. The number of nitrogens with zero attached hydrogens (tertiary/aromatic N) is 1. The van der Waals surface area contributed by atoms with E-state index in [1.807, 2.05) is 35.0 Å². The van der Waals surface area contributed by atoms with Gasteiger partial charge in [0.15, 0.2) is 0 Å². The molecular formula is C14H17NO3. The number of rotatable bonds is 4. The molecule has 0 amide bonds. The minimum Gasteiger partial charge on any atom is -0.496 e. The molecule has 1 heterocycles. The van der Waals surface area contributed by atoms with Gasteiger partial charge in [-0.2, -0.15) is 0 Å². The number of carbonyl (C=O) groups is 1. The Bertz CT molecular complexity index is 584. The summed E-state index contributed by atoms with van der Waals surface area (Å²) < 4.78 is 7.24. The Labute approximate surface area is 106 Å². The lowest BCUT2D eigenvalue weighted by atomic mass is 9.94. The smallest absolute Gasteiger partial charge is 0.310 e. The van der Waals surface area contributed by atoms with E-state index in [0.717, 1.165) is 16.7 Å². The maximum Gasteiger partial charge on any atom is 0.310 e. The van der Waals surface area contributed by atoms with Crippen LogP contribution in [0.5, 0.6) is 5.75 Å². The van der Waals surface area contributed by atoms with Gasteiger partial charge < -0.3 is 14.4 Å². The van der Waals surface area contributed by atoms with Crippen molar-refractivity contribution in [2.24, 2.45) is 5.41 Å². The van der Waals surface area contributed by atoms with E-state index in [9.17, 15) is 9.90 Å². The van der Waals surface area contributed by atoms with Gasteiger partial charge in [-0.1, -0.05) is 6.07 Å². The maximum atomic E-state index is 11.2. The molecule has 0 bridgehead atoms. The van der Waals surface area contributed by atoms with Crippen LogP contribution in [0.25, 0.3) is 10.9 Å². The van der Waals surface area contributed by atoms with Crippen LogP contribution in [0.2, 0.25) is 0 Å². The van der Waals surface area contributed by atoms with Gasteiger partial charge in [-0.3, -0.25) is 4.79 Å². The second kappa shape index (κ2) is 4.37. The van der Waals surface area contributed by atoms with Crippen molar-refractivity contribution in [1.29, 1.82) is 0 Å². The SMILES string of the molecule is COc1cccc2c1ccn2CC(C)(C)C(=O)O. The standard InChI is InChI=1S/C14H17NO3/c1-14(2,13(16)17)9-15-8-7-10-11(15)5-4-6-12(10)18-3/h4-8H,9H2,1-3H3,(H,16,17). The molecule has 18 heavy (non-hydrogen) atoms. The summed E-state index contributed by atoms with van der Waals surface area (Å²) in [4.78, 5) is 11.2. The van der Waals surface area contributed by atoms with Gasteiger partial charge in [0.1, 0.15) is 5.75 Å². The molecule has 2 aromatic rings. The van der Waals surface area contributed by atoms with Crippen molar-refractivity contribution < 1.29 is 14.6 Å². The number of methoxy groups -OCH3 is 1. The van der Waals surface area contributed by atoms with Crippen molar-refractivity contribution in [3.63, 3.8) is 0 Å². The average molecular weight is 247 g/mol. The number of aromatic nitrogens is 1. The molecule has 1 aromatic carbocycles. The molecule has 4 nitrogen and oxygen atoms in total. The first kappa shape index (κ1) is 12.5. The molecule has 0 fully saturated rings. The van der Waals surface area contributed by atoms with E-state index >= 15 is 0 Å². The fourth-order valence-corrected chi connectivity index (χ4v) is 2.00. The zero-order chi connectivity index (χ0) is 13.3. The Morgan fingerprint density at radius 2 is 2.11 bits per heavy atom. The highest BCUT2D eigenvalue weighted by atomic mass is 16.5. The van der Waals surface area contributed by atoms with Gasteiger partial charge in [0.2, 0.25) is 0 Å². The van der Waals surface area contributed by atoms with E-state index in [-0.39, 0.29) is 0 Å². The molecule has 0 atom stereocenters. The number of ether oxygens (including phenoxy) is 1. The predicted octanol–water partition coefficient (Wildman–Crippen LogP) is 2.76. The molecule has 0 unspecified atom stereocenters. The molecule has 0 aliphatic rings. The number of aliphatic carboxylic acids is 1. The monoisotopic (exact) mass is 247 g/mol. The van der Waals surface area contributed by atoms with E-state index in [0.29, 0.717) is 6.54 Å². The summed E-state index contributed by atoms with van der Waals surface area (Å²) in [5, 5.41) is 10.2. The van der Waals surface area contributed by atoms with Crippen molar-refractivity contribution in [1.82, 2.24) is 4.57 Å². The second-order valence-corrected chi connectivity index (χ2v) is 5.03. The third kappa shape index (κ3) is 2.06. The molecule has 2 rings (SSSR count). The van der Waals surface area contributed by atoms with Crippen LogP contribution in [0.4, 0.5) is 0 Å². The third-order valence-corrected chi connectivity index (χ3v) is 3.14. The van der Waals surface area contributed by atoms with Crippen LogP contribution in [-0.2, 0) is 11.3 Å². The van der Waals surface area contributed by atoms with Crippen LogP contribution in [-0.4, -0.2) is 22.8 Å². The summed E-state index contributed by atoms with van der Waals surface area (Å²) in [6.45, 7) is 3.88. The molecule has 0 saturated heterocycles. The van der Waals surface area contributed by atoms with Gasteiger partial charge in [0, 0.05) is 18.1 Å². The normalized spacial score (nSPS) is 11.7. The minimum atomic E-state index is -0.799. The number of hydrogen-bond acceptors (Lipinski definition) is 2. The number of carboxylic acid groups (broad SMARTS) is 1. The van der Waals surface area contributed by atoms with E-state index in [2.05, 4.69) is 0 Å². The molecule has 0 spiro atoms. The van der Waals surface area contributed by atoms with Crippen molar-refractivity contribution >= 4 is 16.9 Å². The second-order valence-electron chi connectivity index (χ2n) is 5.03. The molecule has 0 radical (unpaired) electrons. The van der Waals surface area contributed by atoms with Gasteiger partial charge in [0.05, 0.1) is 18.0 Å². The van der Waals surface area contributed by atoms with Gasteiger partial charge >= 0.3 is 5.97 Å². The summed E-state index contributed by atoms with van der Waals surface area (Å²) >= 11 is 0. The van der Waals surface area contributed by atoms with Crippen molar-refractivity contribution in [3.05, 3.63) is 30.5 Å². The Balaban J connectivity index is 2.45. The van der Waals surface area contributed by atoms with Crippen molar-refractivity contribution in [2.45, 2.75) is 20.4 Å². The summed E-state index contributed by atoms with van der Waals surface area (Å²) in [5.41, 5.74) is 0.193. The fourth-order valence-electron chi connectivity index (χ4n) is 2.00. The van der Waals surface area contributed by atoms with Crippen LogP contribution < -0.4 is 4.74 Å². The highest BCUT2D eigenvalue weighted by Gasteiger charge is 2.28. The Kier molecular flexibility index (Phi) is 3.03. The third-order valence-electron chi connectivity index (χ3n) is 3.14. The number of fused-ring (bicyclic) bond motifs is 1. The summed E-state index contributed by atoms with van der Waals surface area (Å²) in [7, 11) is 1.63.